The number of likely N-dealkylation sites (N-methyl/N-ethyl adjacent to an activating group) is 1. The first-order valence-electron chi connectivity index (χ1n) is 6.42. The van der Waals surface area contributed by atoms with Crippen LogP contribution in [-0.2, 0) is 0 Å². The van der Waals surface area contributed by atoms with Crippen LogP contribution in [0.15, 0.2) is 12.3 Å². The third kappa shape index (κ3) is 2.05. The maximum atomic E-state index is 4.37. The fraction of sp³-hybridized carbons (Fsp3) is 0.846. The molecule has 0 spiro atoms. The van der Waals surface area contributed by atoms with E-state index >= 15 is 0 Å². The molecule has 2 heteroatoms. The lowest BCUT2D eigenvalue weighted by Crippen LogP contribution is -2.50. The molecule has 0 unspecified atom stereocenters. The summed E-state index contributed by atoms with van der Waals surface area (Å²) in [6.45, 7) is 6.82. The molecule has 86 valence electrons. The van der Waals surface area contributed by atoms with Gasteiger partial charge in [0.15, 0.2) is 0 Å². The molecule has 1 saturated carbocycles. The third-order valence-corrected chi connectivity index (χ3v) is 4.23. The van der Waals surface area contributed by atoms with E-state index in [0.29, 0.717) is 0 Å². The van der Waals surface area contributed by atoms with Gasteiger partial charge in [-0.15, -0.1) is 0 Å². The Morgan fingerprint density at radius 1 is 1.07 bits per heavy atom. The largest absolute Gasteiger partial charge is 0.374 e. The maximum Gasteiger partial charge on any atom is 0.0576 e. The fourth-order valence-corrected chi connectivity index (χ4v) is 3.13. The molecule has 1 aliphatic heterocycles. The molecule has 1 heterocycles. The van der Waals surface area contributed by atoms with Gasteiger partial charge >= 0.3 is 0 Å². The lowest BCUT2D eigenvalue weighted by Gasteiger charge is -2.42. The molecule has 0 radical (unpaired) electrons. The van der Waals surface area contributed by atoms with E-state index in [0.717, 1.165) is 0 Å². The van der Waals surface area contributed by atoms with E-state index in [-0.39, 0.29) is 5.54 Å². The monoisotopic (exact) mass is 208 g/mol. The first-order valence-corrected chi connectivity index (χ1v) is 6.42. The number of hydrogen-bond acceptors (Lipinski definition) is 2. The molecule has 2 nitrogen and oxygen atoms in total. The summed E-state index contributed by atoms with van der Waals surface area (Å²) in [6.07, 6.45) is 9.35. The summed E-state index contributed by atoms with van der Waals surface area (Å²) in [7, 11) is 2.10. The molecule has 0 aromatic heterocycles. The number of nitrogens with zero attached hydrogens (tertiary/aromatic N) is 1. The standard InChI is InChI=1S/C13H24N2/c1-12(15-10-6-7-11-15)13(14-2)8-4-3-5-9-13/h14H,1,3-11H2,2H3. The molecule has 2 fully saturated rings. The van der Waals surface area contributed by atoms with Crippen LogP contribution in [0, 0.1) is 0 Å². The highest BCUT2D eigenvalue weighted by Gasteiger charge is 2.36. The number of nitrogens with one attached hydrogen (secondary N) is 1. The molecular formula is C13H24N2. The van der Waals surface area contributed by atoms with Gasteiger partial charge in [-0.25, -0.2) is 0 Å². The molecule has 2 rings (SSSR count). The van der Waals surface area contributed by atoms with Gasteiger partial charge in [-0.2, -0.15) is 0 Å². The SMILES string of the molecule is C=C(N1CCCC1)C1(NC)CCCCC1. The number of likely N-dealkylation sites (tertiary alicyclic amines) is 1. The van der Waals surface area contributed by atoms with E-state index < -0.39 is 0 Å². The van der Waals surface area contributed by atoms with Crippen LogP contribution in [0.3, 0.4) is 0 Å². The van der Waals surface area contributed by atoms with Crippen molar-refractivity contribution < 1.29 is 0 Å². The molecule has 1 saturated heterocycles. The Morgan fingerprint density at radius 3 is 2.20 bits per heavy atom. The predicted octanol–water partition coefficient (Wildman–Crippen LogP) is 2.52. The van der Waals surface area contributed by atoms with Crippen LogP contribution in [-0.4, -0.2) is 30.6 Å². The van der Waals surface area contributed by atoms with Gasteiger partial charge in [0, 0.05) is 18.8 Å². The first-order chi connectivity index (χ1) is 7.28. The van der Waals surface area contributed by atoms with Crippen LogP contribution >= 0.6 is 0 Å². The zero-order chi connectivity index (χ0) is 10.7. The summed E-state index contributed by atoms with van der Waals surface area (Å²) < 4.78 is 0. The highest BCUT2D eigenvalue weighted by Crippen LogP contribution is 2.35. The lowest BCUT2D eigenvalue weighted by molar-refractivity contribution is 0.228. The second-order valence-electron chi connectivity index (χ2n) is 5.03. The topological polar surface area (TPSA) is 15.3 Å². The Balaban J connectivity index is 2.06. The summed E-state index contributed by atoms with van der Waals surface area (Å²) in [5.41, 5.74) is 1.59. The van der Waals surface area contributed by atoms with E-state index in [1.165, 1.54) is 63.7 Å². The van der Waals surface area contributed by atoms with E-state index in [9.17, 15) is 0 Å². The fourth-order valence-electron chi connectivity index (χ4n) is 3.13. The van der Waals surface area contributed by atoms with Crippen molar-refractivity contribution in [2.45, 2.75) is 50.5 Å². The van der Waals surface area contributed by atoms with Crippen molar-refractivity contribution in [3.05, 3.63) is 12.3 Å². The second-order valence-corrected chi connectivity index (χ2v) is 5.03. The highest BCUT2D eigenvalue weighted by molar-refractivity contribution is 5.17. The molecule has 1 aliphatic carbocycles. The Kier molecular flexibility index (Phi) is 3.35. The van der Waals surface area contributed by atoms with Gasteiger partial charge in [-0.3, -0.25) is 0 Å². The molecular weight excluding hydrogens is 184 g/mol. The number of rotatable bonds is 3. The molecule has 0 bridgehead atoms. The molecule has 15 heavy (non-hydrogen) atoms. The molecule has 2 aliphatic rings. The van der Waals surface area contributed by atoms with E-state index in [1.54, 1.807) is 0 Å². The zero-order valence-corrected chi connectivity index (χ0v) is 10.0. The highest BCUT2D eigenvalue weighted by atomic mass is 15.2. The van der Waals surface area contributed by atoms with Crippen molar-refractivity contribution in [1.29, 1.82) is 0 Å². The van der Waals surface area contributed by atoms with Crippen molar-refractivity contribution in [3.8, 4) is 0 Å². The summed E-state index contributed by atoms with van der Waals surface area (Å²) in [5.74, 6) is 0. The van der Waals surface area contributed by atoms with E-state index in [2.05, 4.69) is 23.8 Å². The van der Waals surface area contributed by atoms with Crippen LogP contribution in [0.1, 0.15) is 44.9 Å². The van der Waals surface area contributed by atoms with Crippen LogP contribution in [0.2, 0.25) is 0 Å². The smallest absolute Gasteiger partial charge is 0.0576 e. The first kappa shape index (κ1) is 11.0. The number of hydrogen-bond donors (Lipinski definition) is 1. The van der Waals surface area contributed by atoms with Gasteiger partial charge in [0.05, 0.1) is 5.54 Å². The minimum atomic E-state index is 0.225. The van der Waals surface area contributed by atoms with Crippen LogP contribution < -0.4 is 5.32 Å². The molecule has 0 aromatic rings. The van der Waals surface area contributed by atoms with Crippen LogP contribution in [0.5, 0.6) is 0 Å². The van der Waals surface area contributed by atoms with Crippen molar-refractivity contribution in [2.24, 2.45) is 0 Å². The average molecular weight is 208 g/mol. The average Bonchev–Trinajstić information content (AvgIpc) is 2.82. The third-order valence-electron chi connectivity index (χ3n) is 4.23. The minimum absolute atomic E-state index is 0.225. The van der Waals surface area contributed by atoms with E-state index in [4.69, 9.17) is 0 Å². The second kappa shape index (κ2) is 4.56. The van der Waals surface area contributed by atoms with Crippen molar-refractivity contribution >= 4 is 0 Å². The quantitative estimate of drug-likeness (QED) is 0.766. The van der Waals surface area contributed by atoms with Gasteiger partial charge in [0.1, 0.15) is 0 Å². The van der Waals surface area contributed by atoms with Gasteiger partial charge < -0.3 is 10.2 Å². The normalized spacial score (nSPS) is 25.5. The summed E-state index contributed by atoms with van der Waals surface area (Å²) in [6, 6.07) is 0. The molecule has 0 amide bonds. The van der Waals surface area contributed by atoms with E-state index in [1.807, 2.05) is 0 Å². The van der Waals surface area contributed by atoms with Crippen molar-refractivity contribution in [1.82, 2.24) is 10.2 Å². The van der Waals surface area contributed by atoms with Gasteiger partial charge in [-0.1, -0.05) is 25.8 Å². The Labute approximate surface area is 93.7 Å². The maximum absolute atomic E-state index is 4.37. The van der Waals surface area contributed by atoms with Crippen LogP contribution in [0.25, 0.3) is 0 Å². The molecule has 0 aromatic carbocycles. The Morgan fingerprint density at radius 2 is 1.67 bits per heavy atom. The van der Waals surface area contributed by atoms with Gasteiger partial charge in [0.25, 0.3) is 0 Å². The van der Waals surface area contributed by atoms with Gasteiger partial charge in [0.2, 0.25) is 0 Å². The molecule has 1 N–H and O–H groups in total. The zero-order valence-electron chi connectivity index (χ0n) is 10.0. The van der Waals surface area contributed by atoms with Crippen LogP contribution in [0.4, 0.5) is 0 Å². The van der Waals surface area contributed by atoms with Crippen molar-refractivity contribution in [2.75, 3.05) is 20.1 Å². The summed E-state index contributed by atoms with van der Waals surface area (Å²) >= 11 is 0. The summed E-state index contributed by atoms with van der Waals surface area (Å²) in [4.78, 5) is 2.50. The summed E-state index contributed by atoms with van der Waals surface area (Å²) in [5, 5.41) is 3.55. The van der Waals surface area contributed by atoms with Gasteiger partial charge in [-0.05, 0) is 32.7 Å². The minimum Gasteiger partial charge on any atom is -0.374 e. The Hall–Kier alpha value is -0.500. The predicted molar refractivity (Wildman–Crippen MR) is 64.8 cm³/mol. The molecule has 0 atom stereocenters. The lowest BCUT2D eigenvalue weighted by atomic mass is 9.79. The van der Waals surface area contributed by atoms with Crippen molar-refractivity contribution in [3.63, 3.8) is 0 Å². The Bertz CT molecular complexity index is 223.